The van der Waals surface area contributed by atoms with E-state index in [1.165, 1.54) is 5.39 Å². The Morgan fingerprint density at radius 1 is 1.17 bits per heavy atom. The molecule has 2 aromatic carbocycles. The second kappa shape index (κ2) is 4.26. The van der Waals surface area contributed by atoms with Gasteiger partial charge in [0.05, 0.1) is 5.92 Å². The van der Waals surface area contributed by atoms with Crippen LogP contribution in [0.2, 0.25) is 0 Å². The molecule has 0 saturated carbocycles. The van der Waals surface area contributed by atoms with Crippen LogP contribution in [0.3, 0.4) is 0 Å². The number of amides is 1. The van der Waals surface area contributed by atoms with Gasteiger partial charge in [-0.05, 0) is 23.3 Å². The number of hydrazone groups is 1. The van der Waals surface area contributed by atoms with Crippen molar-refractivity contribution in [3.63, 3.8) is 0 Å². The Balaban J connectivity index is 2.14. The lowest BCUT2D eigenvalue weighted by Gasteiger charge is -2.21. The van der Waals surface area contributed by atoms with Crippen molar-refractivity contribution in [2.24, 2.45) is 5.10 Å². The highest BCUT2D eigenvalue weighted by Gasteiger charge is 2.26. The van der Waals surface area contributed by atoms with Crippen LogP contribution in [0.4, 0.5) is 0 Å². The molecule has 1 heterocycles. The van der Waals surface area contributed by atoms with Crippen molar-refractivity contribution in [2.75, 3.05) is 0 Å². The Morgan fingerprint density at radius 2 is 1.94 bits per heavy atom. The summed E-state index contributed by atoms with van der Waals surface area (Å²) in [6, 6.07) is 14.3. The van der Waals surface area contributed by atoms with Crippen LogP contribution in [0.15, 0.2) is 47.6 Å². The van der Waals surface area contributed by atoms with Crippen molar-refractivity contribution >= 4 is 22.4 Å². The van der Waals surface area contributed by atoms with Crippen LogP contribution in [0.5, 0.6) is 0 Å². The summed E-state index contributed by atoms with van der Waals surface area (Å²) in [6.07, 6.45) is 0.694. The minimum atomic E-state index is -0.131. The van der Waals surface area contributed by atoms with E-state index in [4.69, 9.17) is 0 Å². The van der Waals surface area contributed by atoms with Crippen LogP contribution < -0.4 is 5.43 Å². The van der Waals surface area contributed by atoms with Crippen LogP contribution in [0, 0.1) is 0 Å². The van der Waals surface area contributed by atoms with Gasteiger partial charge in [0.1, 0.15) is 0 Å². The smallest absolute Gasteiger partial charge is 0.248 e. The van der Waals surface area contributed by atoms with Gasteiger partial charge < -0.3 is 0 Å². The molecule has 1 aliphatic heterocycles. The number of fused-ring (bicyclic) bond motifs is 1. The largest absolute Gasteiger partial charge is 0.272 e. The molecule has 2 aromatic rings. The molecule has 0 unspecified atom stereocenters. The van der Waals surface area contributed by atoms with E-state index in [1.807, 2.05) is 31.2 Å². The van der Waals surface area contributed by atoms with Crippen molar-refractivity contribution in [3.05, 3.63) is 48.0 Å². The number of nitrogens with zero attached hydrogens (tertiary/aromatic N) is 1. The van der Waals surface area contributed by atoms with Gasteiger partial charge in [-0.2, -0.15) is 5.10 Å². The Hall–Kier alpha value is -2.16. The second-order valence-corrected chi connectivity index (χ2v) is 4.65. The third-order valence-electron chi connectivity index (χ3n) is 3.37. The molecule has 90 valence electrons. The fraction of sp³-hybridized carbons (Fsp3) is 0.200. The van der Waals surface area contributed by atoms with Crippen LogP contribution in [0.1, 0.15) is 24.8 Å². The predicted octanol–water partition coefficient (Wildman–Crippen LogP) is 2.82. The molecule has 1 N–H and O–H groups in total. The highest BCUT2D eigenvalue weighted by Crippen LogP contribution is 2.29. The molecule has 0 spiro atoms. The molecule has 0 bridgehead atoms. The molecule has 0 aromatic heterocycles. The lowest BCUT2D eigenvalue weighted by atomic mass is 9.88. The fourth-order valence-electron chi connectivity index (χ4n) is 2.47. The average molecular weight is 238 g/mol. The van der Waals surface area contributed by atoms with Crippen LogP contribution in [-0.2, 0) is 4.79 Å². The van der Waals surface area contributed by atoms with Gasteiger partial charge in [0.2, 0.25) is 5.91 Å². The summed E-state index contributed by atoms with van der Waals surface area (Å²) in [7, 11) is 0. The molecule has 3 rings (SSSR count). The normalized spacial score (nSPS) is 19.5. The zero-order chi connectivity index (χ0) is 12.5. The van der Waals surface area contributed by atoms with E-state index in [2.05, 4.69) is 28.7 Å². The molecule has 0 aliphatic carbocycles. The number of carbonyl (C=O) groups excluding carboxylic acids is 1. The maximum absolute atomic E-state index is 12.0. The van der Waals surface area contributed by atoms with E-state index in [0.717, 1.165) is 16.7 Å². The molecule has 0 fully saturated rings. The summed E-state index contributed by atoms with van der Waals surface area (Å²) in [4.78, 5) is 12.0. The molecule has 1 atom stereocenters. The van der Waals surface area contributed by atoms with Gasteiger partial charge in [-0.1, -0.05) is 42.5 Å². The number of carbonyl (C=O) groups is 1. The number of nitrogens with one attached hydrogen (secondary N) is 1. The molecule has 1 amide bonds. The highest BCUT2D eigenvalue weighted by atomic mass is 16.2. The van der Waals surface area contributed by atoms with Gasteiger partial charge in [0, 0.05) is 12.1 Å². The number of hydrogen-bond donors (Lipinski definition) is 1. The van der Waals surface area contributed by atoms with Gasteiger partial charge in [-0.15, -0.1) is 0 Å². The summed E-state index contributed by atoms with van der Waals surface area (Å²) in [6.45, 7) is 1.94. The molecule has 1 aliphatic rings. The van der Waals surface area contributed by atoms with Crippen LogP contribution >= 0.6 is 0 Å². The molecule has 0 saturated heterocycles. The first-order valence-electron chi connectivity index (χ1n) is 6.06. The van der Waals surface area contributed by atoms with Gasteiger partial charge >= 0.3 is 0 Å². The zero-order valence-corrected chi connectivity index (χ0v) is 10.2. The van der Waals surface area contributed by atoms with E-state index >= 15 is 0 Å². The average Bonchev–Trinajstić information content (AvgIpc) is 2.41. The van der Waals surface area contributed by atoms with Crippen molar-refractivity contribution in [1.29, 1.82) is 0 Å². The Bertz CT molecular complexity index is 640. The molecule has 3 nitrogen and oxygen atoms in total. The molecule has 18 heavy (non-hydrogen) atoms. The maximum Gasteiger partial charge on any atom is 0.248 e. The summed E-state index contributed by atoms with van der Waals surface area (Å²) in [5.74, 6) is -0.148. The minimum Gasteiger partial charge on any atom is -0.272 e. The lowest BCUT2D eigenvalue weighted by molar-refractivity contribution is -0.122. The first-order chi connectivity index (χ1) is 8.75. The van der Waals surface area contributed by atoms with Gasteiger partial charge in [-0.25, -0.2) is 5.43 Å². The minimum absolute atomic E-state index is 0.0167. The van der Waals surface area contributed by atoms with Gasteiger partial charge in [0.25, 0.3) is 0 Å². The van der Waals surface area contributed by atoms with E-state index in [0.29, 0.717) is 6.42 Å². The van der Waals surface area contributed by atoms with Crippen molar-refractivity contribution in [1.82, 2.24) is 5.43 Å². The van der Waals surface area contributed by atoms with Crippen molar-refractivity contribution < 1.29 is 4.79 Å². The standard InChI is InChI=1S/C15H14N2O/c1-10-9-14(15(18)17-16-10)13-8-4-6-11-5-2-3-7-12(11)13/h2-8,14H,9H2,1H3,(H,17,18)/t14-/m1/s1. The quantitative estimate of drug-likeness (QED) is 0.815. The molecule has 3 heteroatoms. The van der Waals surface area contributed by atoms with E-state index in [1.54, 1.807) is 0 Å². The van der Waals surface area contributed by atoms with Crippen molar-refractivity contribution in [2.45, 2.75) is 19.3 Å². The summed E-state index contributed by atoms with van der Waals surface area (Å²) in [5, 5.41) is 6.30. The predicted molar refractivity (Wildman–Crippen MR) is 72.6 cm³/mol. The first-order valence-corrected chi connectivity index (χ1v) is 6.06. The molecular formula is C15H14N2O. The van der Waals surface area contributed by atoms with E-state index in [9.17, 15) is 4.79 Å². The third kappa shape index (κ3) is 1.78. The van der Waals surface area contributed by atoms with Crippen LogP contribution in [-0.4, -0.2) is 11.6 Å². The van der Waals surface area contributed by atoms with Gasteiger partial charge in [0.15, 0.2) is 0 Å². The number of benzene rings is 2. The second-order valence-electron chi connectivity index (χ2n) is 4.65. The van der Waals surface area contributed by atoms with E-state index in [-0.39, 0.29) is 11.8 Å². The summed E-state index contributed by atoms with van der Waals surface area (Å²) < 4.78 is 0. The Labute approximate surface area is 106 Å². The number of rotatable bonds is 1. The highest BCUT2D eigenvalue weighted by molar-refractivity contribution is 5.99. The Morgan fingerprint density at radius 3 is 2.83 bits per heavy atom. The topological polar surface area (TPSA) is 41.5 Å². The first kappa shape index (κ1) is 11.0. The lowest BCUT2D eigenvalue weighted by Crippen LogP contribution is -2.32. The molecule has 0 radical (unpaired) electrons. The van der Waals surface area contributed by atoms with E-state index < -0.39 is 0 Å². The van der Waals surface area contributed by atoms with Crippen molar-refractivity contribution in [3.8, 4) is 0 Å². The summed E-state index contributed by atoms with van der Waals surface area (Å²) in [5.41, 5.74) is 4.64. The third-order valence-corrected chi connectivity index (χ3v) is 3.37. The molecular weight excluding hydrogens is 224 g/mol. The zero-order valence-electron chi connectivity index (χ0n) is 10.2. The summed E-state index contributed by atoms with van der Waals surface area (Å²) >= 11 is 0. The Kier molecular flexibility index (Phi) is 2.59. The van der Waals surface area contributed by atoms with Crippen LogP contribution in [0.25, 0.3) is 10.8 Å². The fourth-order valence-corrected chi connectivity index (χ4v) is 2.47. The monoisotopic (exact) mass is 238 g/mol. The number of hydrogen-bond acceptors (Lipinski definition) is 2. The SMILES string of the molecule is CC1=NNC(=O)[C@@H](c2cccc3ccccc23)C1. The van der Waals surface area contributed by atoms with Gasteiger partial charge in [-0.3, -0.25) is 4.79 Å². The maximum atomic E-state index is 12.0.